The van der Waals surface area contributed by atoms with Gasteiger partial charge in [-0.3, -0.25) is 0 Å². The number of hydrogen-bond donors (Lipinski definition) is 2. The van der Waals surface area contributed by atoms with Crippen LogP contribution in [0.4, 0.5) is 10.1 Å². The first-order chi connectivity index (χ1) is 12.7. The Bertz CT molecular complexity index is 901. The van der Waals surface area contributed by atoms with Crippen LogP contribution >= 0.6 is 0 Å². The largest absolute Gasteiger partial charge is 0.477 e. The van der Waals surface area contributed by atoms with Crippen molar-refractivity contribution in [2.24, 2.45) is 0 Å². The van der Waals surface area contributed by atoms with E-state index in [4.69, 9.17) is 4.74 Å². The number of anilines is 1. The fraction of sp³-hybridized carbons (Fsp3) is 0.524. The van der Waals surface area contributed by atoms with Crippen LogP contribution in [0.3, 0.4) is 0 Å². The summed E-state index contributed by atoms with van der Waals surface area (Å²) in [5.74, 6) is 0.00197. The van der Waals surface area contributed by atoms with Crippen LogP contribution in [0.2, 0.25) is 0 Å². The summed E-state index contributed by atoms with van der Waals surface area (Å²) in [5.41, 5.74) is 0.684. The zero-order valence-electron chi connectivity index (χ0n) is 16.3. The van der Waals surface area contributed by atoms with E-state index in [1.807, 2.05) is 26.8 Å². The van der Waals surface area contributed by atoms with Crippen molar-refractivity contribution in [3.63, 3.8) is 0 Å². The molecule has 2 aromatic rings. The molecule has 2 heterocycles. The van der Waals surface area contributed by atoms with Gasteiger partial charge in [0.15, 0.2) is 0 Å². The molecule has 1 saturated carbocycles. The second-order valence-corrected chi connectivity index (χ2v) is 8.35. The topological polar surface area (TPSA) is 67.3 Å². The third-order valence-electron chi connectivity index (χ3n) is 6.56. The van der Waals surface area contributed by atoms with E-state index in [9.17, 15) is 5.11 Å². The Morgan fingerprint density at radius 3 is 2.74 bits per heavy atom. The Morgan fingerprint density at radius 2 is 2.00 bits per heavy atom. The van der Waals surface area contributed by atoms with Crippen molar-refractivity contribution in [1.29, 1.82) is 0 Å². The van der Waals surface area contributed by atoms with Gasteiger partial charge >= 0.3 is 0 Å². The van der Waals surface area contributed by atoms with E-state index in [-0.39, 0.29) is 5.82 Å². The molecule has 0 bridgehead atoms. The normalized spacial score (nSPS) is 28.2. The highest BCUT2D eigenvalue weighted by molar-refractivity contribution is 5.75. The van der Waals surface area contributed by atoms with Gasteiger partial charge in [-0.25, -0.2) is 14.4 Å². The molecule has 1 aliphatic carbocycles. The summed E-state index contributed by atoms with van der Waals surface area (Å²) in [4.78, 5) is 8.21. The Labute approximate surface area is 159 Å². The Morgan fingerprint density at radius 1 is 1.22 bits per heavy atom. The first-order valence-corrected chi connectivity index (χ1v) is 9.51. The van der Waals surface area contributed by atoms with E-state index in [2.05, 4.69) is 22.2 Å². The number of benzene rings is 1. The number of hydrogen-bond acceptors (Lipinski definition) is 5. The standard InChI is InChI=1S/C21H26FN3O2/c1-5-27-18-14(11-23-12-24-18)13-9-15-17(10-16(13)22)25-19(2,3)21(26)8-6-7-20(15,21)4/h9-12,25-26H,5-8H2,1-4H3. The predicted molar refractivity (Wildman–Crippen MR) is 102 cm³/mol. The van der Waals surface area contributed by atoms with Crippen LogP contribution in [0.15, 0.2) is 24.7 Å². The predicted octanol–water partition coefficient (Wildman–Crippen LogP) is 4.06. The third kappa shape index (κ3) is 2.39. The number of rotatable bonds is 3. The lowest BCUT2D eigenvalue weighted by Crippen LogP contribution is -2.65. The van der Waals surface area contributed by atoms with Crippen LogP contribution < -0.4 is 10.1 Å². The lowest BCUT2D eigenvalue weighted by Gasteiger charge is -2.55. The molecule has 0 saturated heterocycles. The summed E-state index contributed by atoms with van der Waals surface area (Å²) >= 11 is 0. The minimum absolute atomic E-state index is 0.361. The van der Waals surface area contributed by atoms with E-state index in [1.165, 1.54) is 12.4 Å². The second-order valence-electron chi connectivity index (χ2n) is 8.35. The van der Waals surface area contributed by atoms with Crippen LogP contribution in [0.1, 0.15) is 52.5 Å². The van der Waals surface area contributed by atoms with Crippen LogP contribution in [-0.4, -0.2) is 32.8 Å². The van der Waals surface area contributed by atoms with Crippen molar-refractivity contribution in [3.05, 3.63) is 36.0 Å². The first-order valence-electron chi connectivity index (χ1n) is 9.51. The number of halogens is 1. The fourth-order valence-electron chi connectivity index (χ4n) is 5.07. The van der Waals surface area contributed by atoms with Gasteiger partial charge < -0.3 is 15.2 Å². The SMILES string of the molecule is CCOc1ncncc1-c1cc2c(cc1F)NC(C)(C)C1(O)CCCC21C. The lowest BCUT2D eigenvalue weighted by atomic mass is 9.60. The van der Waals surface area contributed by atoms with Crippen molar-refractivity contribution in [2.45, 2.75) is 63.5 Å². The molecule has 2 N–H and O–H groups in total. The second kappa shape index (κ2) is 5.89. The molecule has 27 heavy (non-hydrogen) atoms. The maximum atomic E-state index is 15.1. The summed E-state index contributed by atoms with van der Waals surface area (Å²) in [6, 6.07) is 3.36. The Balaban J connectivity index is 1.93. The highest BCUT2D eigenvalue weighted by Crippen LogP contribution is 2.59. The molecule has 2 atom stereocenters. The van der Waals surface area contributed by atoms with E-state index in [0.717, 1.165) is 24.1 Å². The van der Waals surface area contributed by atoms with Crippen molar-refractivity contribution in [2.75, 3.05) is 11.9 Å². The Kier molecular flexibility index (Phi) is 3.97. The van der Waals surface area contributed by atoms with Crippen molar-refractivity contribution >= 4 is 5.69 Å². The van der Waals surface area contributed by atoms with Crippen molar-refractivity contribution < 1.29 is 14.2 Å². The van der Waals surface area contributed by atoms with Gasteiger partial charge in [0, 0.05) is 22.9 Å². The minimum atomic E-state index is -0.905. The molecular formula is C21H26FN3O2. The monoisotopic (exact) mass is 371 g/mol. The Hall–Kier alpha value is -2.21. The highest BCUT2D eigenvalue weighted by Gasteiger charge is 2.62. The number of nitrogens with one attached hydrogen (secondary N) is 1. The van der Waals surface area contributed by atoms with E-state index in [0.29, 0.717) is 30.0 Å². The fourth-order valence-corrected chi connectivity index (χ4v) is 5.07. The van der Waals surface area contributed by atoms with Crippen LogP contribution in [0.5, 0.6) is 5.88 Å². The van der Waals surface area contributed by atoms with Gasteiger partial charge in [0.25, 0.3) is 0 Å². The van der Waals surface area contributed by atoms with Crippen molar-refractivity contribution in [1.82, 2.24) is 9.97 Å². The highest BCUT2D eigenvalue weighted by atomic mass is 19.1. The smallest absolute Gasteiger partial charge is 0.224 e. The number of ether oxygens (including phenoxy) is 1. The molecule has 5 nitrogen and oxygen atoms in total. The molecule has 1 aromatic carbocycles. The molecule has 0 amide bonds. The maximum Gasteiger partial charge on any atom is 0.224 e. The zero-order chi connectivity index (χ0) is 19.4. The van der Waals surface area contributed by atoms with Gasteiger partial charge in [0.05, 0.1) is 23.3 Å². The third-order valence-corrected chi connectivity index (χ3v) is 6.56. The quantitative estimate of drug-likeness (QED) is 0.852. The molecule has 1 aliphatic heterocycles. The zero-order valence-corrected chi connectivity index (χ0v) is 16.3. The van der Waals surface area contributed by atoms with E-state index < -0.39 is 16.6 Å². The van der Waals surface area contributed by atoms with Crippen molar-refractivity contribution in [3.8, 4) is 17.0 Å². The van der Waals surface area contributed by atoms with Gasteiger partial charge in [0.1, 0.15) is 12.1 Å². The van der Waals surface area contributed by atoms with Gasteiger partial charge in [-0.1, -0.05) is 6.92 Å². The van der Waals surface area contributed by atoms with Crippen LogP contribution in [-0.2, 0) is 5.41 Å². The van der Waals surface area contributed by atoms with E-state index >= 15 is 4.39 Å². The lowest BCUT2D eigenvalue weighted by molar-refractivity contribution is -0.0628. The molecule has 0 radical (unpaired) electrons. The minimum Gasteiger partial charge on any atom is -0.477 e. The molecule has 1 aromatic heterocycles. The average Bonchev–Trinajstić information content (AvgIpc) is 2.93. The van der Waals surface area contributed by atoms with Crippen LogP contribution in [0, 0.1) is 5.82 Å². The van der Waals surface area contributed by atoms with Crippen LogP contribution in [0.25, 0.3) is 11.1 Å². The summed E-state index contributed by atoms with van der Waals surface area (Å²) in [7, 11) is 0. The molecule has 2 unspecified atom stereocenters. The van der Waals surface area contributed by atoms with Gasteiger partial charge in [0.2, 0.25) is 5.88 Å². The number of nitrogens with zero attached hydrogens (tertiary/aromatic N) is 2. The molecule has 6 heteroatoms. The first kappa shape index (κ1) is 18.2. The summed E-state index contributed by atoms with van der Waals surface area (Å²) < 4.78 is 20.7. The summed E-state index contributed by atoms with van der Waals surface area (Å²) in [6.07, 6.45) is 5.48. The molecular weight excluding hydrogens is 345 g/mol. The van der Waals surface area contributed by atoms with Gasteiger partial charge in [-0.05, 0) is 57.7 Å². The molecule has 4 rings (SSSR count). The van der Waals surface area contributed by atoms with Gasteiger partial charge in [-0.2, -0.15) is 0 Å². The number of aromatic nitrogens is 2. The average molecular weight is 371 g/mol. The molecule has 144 valence electrons. The summed E-state index contributed by atoms with van der Waals surface area (Å²) in [5, 5.41) is 15.0. The van der Waals surface area contributed by atoms with E-state index in [1.54, 1.807) is 6.20 Å². The number of fused-ring (bicyclic) bond motifs is 3. The molecule has 2 aliphatic rings. The maximum absolute atomic E-state index is 15.1. The number of aliphatic hydroxyl groups is 1. The van der Waals surface area contributed by atoms with Gasteiger partial charge in [-0.15, -0.1) is 0 Å². The molecule has 0 spiro atoms. The molecule has 1 fully saturated rings. The summed E-state index contributed by atoms with van der Waals surface area (Å²) in [6.45, 7) is 8.37.